The standard InChI is InChI=1S/C18H32BN5O2/c1-17(2)18(3,4)26-19(25-17)13-11-22-16(23-12-13)24-15-8-6-5-7-14(15)21-10-9-20/h11-12,14-15,21H,5-10,20H2,1-4H3,(H,22,23,24)/t14-,15-/m0/s1. The summed E-state index contributed by atoms with van der Waals surface area (Å²) in [5, 5.41) is 7.02. The molecule has 1 aromatic heterocycles. The van der Waals surface area contributed by atoms with E-state index in [0.29, 0.717) is 24.6 Å². The van der Waals surface area contributed by atoms with E-state index in [1.165, 1.54) is 12.8 Å². The Kier molecular flexibility index (Phi) is 5.86. The van der Waals surface area contributed by atoms with Crippen molar-refractivity contribution in [1.29, 1.82) is 0 Å². The Morgan fingerprint density at radius 1 is 1.08 bits per heavy atom. The van der Waals surface area contributed by atoms with E-state index >= 15 is 0 Å². The second-order valence-electron chi connectivity index (χ2n) is 8.31. The summed E-state index contributed by atoms with van der Waals surface area (Å²) in [6, 6.07) is 0.747. The fraction of sp³-hybridized carbons (Fsp3) is 0.778. The van der Waals surface area contributed by atoms with Gasteiger partial charge in [-0.15, -0.1) is 0 Å². The van der Waals surface area contributed by atoms with Gasteiger partial charge in [-0.2, -0.15) is 0 Å². The average molecular weight is 361 g/mol. The Bertz CT molecular complexity index is 580. The zero-order chi connectivity index (χ0) is 18.8. The van der Waals surface area contributed by atoms with Gasteiger partial charge in [-0.25, -0.2) is 9.97 Å². The summed E-state index contributed by atoms with van der Waals surface area (Å²) >= 11 is 0. The highest BCUT2D eigenvalue weighted by Crippen LogP contribution is 2.36. The summed E-state index contributed by atoms with van der Waals surface area (Å²) in [4.78, 5) is 8.99. The van der Waals surface area contributed by atoms with E-state index in [1.807, 2.05) is 27.7 Å². The largest absolute Gasteiger partial charge is 0.498 e. The number of hydrogen-bond donors (Lipinski definition) is 3. The molecule has 2 fully saturated rings. The smallest absolute Gasteiger partial charge is 0.399 e. The second-order valence-corrected chi connectivity index (χ2v) is 8.31. The van der Waals surface area contributed by atoms with Crippen LogP contribution in [0.2, 0.25) is 0 Å². The van der Waals surface area contributed by atoms with Crippen LogP contribution in [0, 0.1) is 0 Å². The van der Waals surface area contributed by atoms with Crippen LogP contribution in [-0.2, 0) is 9.31 Å². The Balaban J connectivity index is 1.63. The molecule has 1 aliphatic carbocycles. The van der Waals surface area contributed by atoms with Crippen LogP contribution in [-0.4, -0.2) is 53.5 Å². The first kappa shape index (κ1) is 19.5. The molecule has 1 saturated heterocycles. The van der Waals surface area contributed by atoms with Crippen LogP contribution in [0.4, 0.5) is 5.95 Å². The van der Waals surface area contributed by atoms with E-state index in [1.54, 1.807) is 12.4 Å². The molecule has 0 unspecified atom stereocenters. The number of rotatable bonds is 6. The van der Waals surface area contributed by atoms with Crippen LogP contribution < -0.4 is 21.8 Å². The molecule has 2 heterocycles. The van der Waals surface area contributed by atoms with Gasteiger partial charge in [0.05, 0.1) is 11.2 Å². The minimum absolute atomic E-state index is 0.331. The first-order valence-corrected chi connectivity index (χ1v) is 9.70. The highest BCUT2D eigenvalue weighted by molar-refractivity contribution is 6.61. The summed E-state index contributed by atoms with van der Waals surface area (Å²) in [5.74, 6) is 0.650. The van der Waals surface area contributed by atoms with Gasteiger partial charge in [0.1, 0.15) is 0 Å². The van der Waals surface area contributed by atoms with E-state index in [2.05, 4.69) is 20.6 Å². The molecule has 7 nitrogen and oxygen atoms in total. The molecule has 1 aromatic rings. The molecule has 0 aromatic carbocycles. The van der Waals surface area contributed by atoms with Crippen molar-refractivity contribution in [2.45, 2.75) is 76.7 Å². The Hall–Kier alpha value is -1.22. The van der Waals surface area contributed by atoms with Gasteiger partial charge in [0.25, 0.3) is 0 Å². The molecule has 1 saturated carbocycles. The lowest BCUT2D eigenvalue weighted by Crippen LogP contribution is -2.48. The minimum Gasteiger partial charge on any atom is -0.399 e. The Morgan fingerprint density at radius 3 is 2.23 bits per heavy atom. The van der Waals surface area contributed by atoms with Gasteiger partial charge in [0.15, 0.2) is 0 Å². The molecule has 26 heavy (non-hydrogen) atoms. The van der Waals surface area contributed by atoms with Crippen LogP contribution in [0.5, 0.6) is 0 Å². The molecule has 0 amide bonds. The first-order chi connectivity index (χ1) is 12.3. The lowest BCUT2D eigenvalue weighted by Gasteiger charge is -2.32. The SMILES string of the molecule is CC1(C)OB(c2cnc(N[C@H]3CCCC[C@@H]3NCCN)nc2)OC1(C)C. The van der Waals surface area contributed by atoms with Gasteiger partial charge in [0.2, 0.25) is 5.95 Å². The van der Waals surface area contributed by atoms with Crippen LogP contribution in [0.25, 0.3) is 0 Å². The van der Waals surface area contributed by atoms with E-state index in [9.17, 15) is 0 Å². The minimum atomic E-state index is -0.428. The van der Waals surface area contributed by atoms with Crippen molar-refractivity contribution in [2.24, 2.45) is 5.73 Å². The van der Waals surface area contributed by atoms with Crippen molar-refractivity contribution in [3.63, 3.8) is 0 Å². The zero-order valence-corrected chi connectivity index (χ0v) is 16.4. The molecule has 0 radical (unpaired) electrons. The molecular weight excluding hydrogens is 329 g/mol. The number of nitrogens with zero attached hydrogens (tertiary/aromatic N) is 2. The predicted molar refractivity (Wildman–Crippen MR) is 104 cm³/mol. The van der Waals surface area contributed by atoms with Gasteiger partial charge in [0, 0.05) is 43.0 Å². The number of nitrogens with two attached hydrogens (primary N) is 1. The molecule has 0 spiro atoms. The quantitative estimate of drug-likeness (QED) is 0.652. The van der Waals surface area contributed by atoms with Crippen LogP contribution >= 0.6 is 0 Å². The van der Waals surface area contributed by atoms with Crippen LogP contribution in [0.15, 0.2) is 12.4 Å². The Morgan fingerprint density at radius 2 is 1.65 bits per heavy atom. The third-order valence-corrected chi connectivity index (χ3v) is 5.83. The molecule has 2 atom stereocenters. The highest BCUT2D eigenvalue weighted by atomic mass is 16.7. The summed E-state index contributed by atoms with van der Waals surface area (Å²) in [5.41, 5.74) is 5.75. The van der Waals surface area contributed by atoms with Gasteiger partial charge in [-0.05, 0) is 40.5 Å². The van der Waals surface area contributed by atoms with Crippen molar-refractivity contribution in [3.8, 4) is 0 Å². The van der Waals surface area contributed by atoms with Crippen molar-refractivity contribution in [3.05, 3.63) is 12.4 Å². The molecular formula is C18H32BN5O2. The molecule has 4 N–H and O–H groups in total. The maximum atomic E-state index is 6.06. The van der Waals surface area contributed by atoms with Gasteiger partial charge in [-0.1, -0.05) is 12.8 Å². The molecule has 3 rings (SSSR count). The summed E-state index contributed by atoms with van der Waals surface area (Å²) in [7, 11) is -0.428. The molecule has 1 aliphatic heterocycles. The fourth-order valence-corrected chi connectivity index (χ4v) is 3.50. The van der Waals surface area contributed by atoms with Crippen molar-refractivity contribution in [1.82, 2.24) is 15.3 Å². The maximum Gasteiger partial charge on any atom is 0.498 e. The Labute approximate surface area is 157 Å². The number of nitrogens with one attached hydrogen (secondary N) is 2. The lowest BCUT2D eigenvalue weighted by atomic mass is 9.81. The van der Waals surface area contributed by atoms with Crippen LogP contribution in [0.1, 0.15) is 53.4 Å². The average Bonchev–Trinajstić information content (AvgIpc) is 2.82. The number of hydrogen-bond acceptors (Lipinski definition) is 7. The monoisotopic (exact) mass is 361 g/mol. The summed E-state index contributed by atoms with van der Waals surface area (Å²) < 4.78 is 12.1. The van der Waals surface area contributed by atoms with Crippen molar-refractivity contribution >= 4 is 18.5 Å². The number of anilines is 1. The van der Waals surface area contributed by atoms with Gasteiger partial charge < -0.3 is 25.7 Å². The first-order valence-electron chi connectivity index (χ1n) is 9.70. The maximum absolute atomic E-state index is 6.06. The molecule has 2 aliphatic rings. The van der Waals surface area contributed by atoms with E-state index in [0.717, 1.165) is 24.8 Å². The van der Waals surface area contributed by atoms with Gasteiger partial charge in [-0.3, -0.25) is 0 Å². The zero-order valence-electron chi connectivity index (χ0n) is 16.4. The number of aromatic nitrogens is 2. The molecule has 0 bridgehead atoms. The van der Waals surface area contributed by atoms with Gasteiger partial charge >= 0.3 is 7.12 Å². The van der Waals surface area contributed by atoms with E-state index in [-0.39, 0.29) is 11.2 Å². The normalized spacial score (nSPS) is 27.5. The lowest BCUT2D eigenvalue weighted by molar-refractivity contribution is 0.00578. The fourth-order valence-electron chi connectivity index (χ4n) is 3.50. The summed E-state index contributed by atoms with van der Waals surface area (Å²) in [6.07, 6.45) is 8.34. The third-order valence-electron chi connectivity index (χ3n) is 5.83. The molecule has 8 heteroatoms. The highest BCUT2D eigenvalue weighted by Gasteiger charge is 2.51. The van der Waals surface area contributed by atoms with Crippen molar-refractivity contribution in [2.75, 3.05) is 18.4 Å². The second kappa shape index (κ2) is 7.80. The summed E-state index contributed by atoms with van der Waals surface area (Å²) in [6.45, 7) is 9.67. The third kappa shape index (κ3) is 4.19. The van der Waals surface area contributed by atoms with Crippen molar-refractivity contribution < 1.29 is 9.31 Å². The van der Waals surface area contributed by atoms with E-state index in [4.69, 9.17) is 15.0 Å². The molecule has 144 valence electrons. The van der Waals surface area contributed by atoms with Crippen LogP contribution in [0.3, 0.4) is 0 Å². The predicted octanol–water partition coefficient (Wildman–Crippen LogP) is 1.05. The van der Waals surface area contributed by atoms with E-state index < -0.39 is 7.12 Å². The topological polar surface area (TPSA) is 94.3 Å².